The number of thiophene rings is 1. The first kappa shape index (κ1) is 9.71. The molecule has 66 valence electrons. The minimum absolute atomic E-state index is 0.122. The van der Waals surface area contributed by atoms with E-state index in [0.717, 1.165) is 4.88 Å². The normalized spacial score (nSPS) is 10.7. The summed E-state index contributed by atoms with van der Waals surface area (Å²) in [5.41, 5.74) is 0. The summed E-state index contributed by atoms with van der Waals surface area (Å²) in [6, 6.07) is 3.51. The quantitative estimate of drug-likeness (QED) is 0.702. The van der Waals surface area contributed by atoms with Crippen LogP contribution in [0.4, 0.5) is 0 Å². The molecular weight excluding hydrogens is 194 g/mol. The maximum atomic E-state index is 11.4. The first-order chi connectivity index (χ1) is 5.59. The molecule has 0 N–H and O–H groups in total. The monoisotopic (exact) mass is 203 g/mol. The van der Waals surface area contributed by atoms with Gasteiger partial charge in [0.15, 0.2) is 5.78 Å². The van der Waals surface area contributed by atoms with E-state index in [1.165, 1.54) is 11.3 Å². The molecule has 0 amide bonds. The summed E-state index contributed by atoms with van der Waals surface area (Å²) in [5.74, 6) is 0.122. The molecule has 0 spiro atoms. The van der Waals surface area contributed by atoms with Crippen molar-refractivity contribution in [2.75, 3.05) is 20.6 Å². The number of likely N-dealkylation sites (N-methyl/N-ethyl adjacent to an activating group) is 1. The highest BCUT2D eigenvalue weighted by atomic mass is 35.5. The van der Waals surface area contributed by atoms with Crippen molar-refractivity contribution < 1.29 is 4.79 Å². The van der Waals surface area contributed by atoms with E-state index in [0.29, 0.717) is 10.9 Å². The summed E-state index contributed by atoms with van der Waals surface area (Å²) in [4.78, 5) is 14.0. The Balaban J connectivity index is 2.65. The number of halogens is 1. The molecule has 0 saturated heterocycles. The van der Waals surface area contributed by atoms with Crippen LogP contribution < -0.4 is 0 Å². The van der Waals surface area contributed by atoms with E-state index in [9.17, 15) is 4.79 Å². The van der Waals surface area contributed by atoms with Crippen LogP contribution in [0.1, 0.15) is 9.67 Å². The molecule has 2 nitrogen and oxygen atoms in total. The Hall–Kier alpha value is -0.380. The molecule has 0 radical (unpaired) electrons. The molecule has 0 fully saturated rings. The molecule has 0 unspecified atom stereocenters. The third kappa shape index (κ3) is 2.59. The molecule has 1 aromatic rings. The largest absolute Gasteiger partial charge is 0.302 e. The van der Waals surface area contributed by atoms with Crippen molar-refractivity contribution in [1.29, 1.82) is 0 Å². The number of Topliss-reactive ketones (excluding diaryl/α,β-unsaturated/α-hetero) is 1. The lowest BCUT2D eigenvalue weighted by atomic mass is 10.3. The van der Waals surface area contributed by atoms with Crippen molar-refractivity contribution in [3.63, 3.8) is 0 Å². The summed E-state index contributed by atoms with van der Waals surface area (Å²) < 4.78 is 0.664. The van der Waals surface area contributed by atoms with Gasteiger partial charge in [0, 0.05) is 0 Å². The van der Waals surface area contributed by atoms with E-state index >= 15 is 0 Å². The van der Waals surface area contributed by atoms with Gasteiger partial charge in [0.05, 0.1) is 15.8 Å². The number of carbonyl (C=O) groups is 1. The molecule has 0 aliphatic rings. The van der Waals surface area contributed by atoms with Crippen molar-refractivity contribution >= 4 is 28.7 Å². The van der Waals surface area contributed by atoms with Crippen molar-refractivity contribution in [3.8, 4) is 0 Å². The maximum Gasteiger partial charge on any atom is 0.186 e. The van der Waals surface area contributed by atoms with Gasteiger partial charge in [0.25, 0.3) is 0 Å². The lowest BCUT2D eigenvalue weighted by molar-refractivity contribution is 0.0962. The lowest BCUT2D eigenvalue weighted by Crippen LogP contribution is -2.20. The van der Waals surface area contributed by atoms with Crippen LogP contribution in [0.15, 0.2) is 12.1 Å². The molecule has 0 atom stereocenters. The molecule has 0 bridgehead atoms. The van der Waals surface area contributed by atoms with E-state index in [2.05, 4.69) is 0 Å². The van der Waals surface area contributed by atoms with Gasteiger partial charge >= 0.3 is 0 Å². The zero-order valence-corrected chi connectivity index (χ0v) is 8.58. The molecule has 12 heavy (non-hydrogen) atoms. The van der Waals surface area contributed by atoms with Gasteiger partial charge in [-0.05, 0) is 26.2 Å². The van der Waals surface area contributed by atoms with Crippen molar-refractivity contribution in [1.82, 2.24) is 4.90 Å². The van der Waals surface area contributed by atoms with E-state index in [1.807, 2.05) is 19.0 Å². The predicted molar refractivity (Wildman–Crippen MR) is 52.2 cm³/mol. The average molecular weight is 204 g/mol. The zero-order valence-electron chi connectivity index (χ0n) is 7.00. The van der Waals surface area contributed by atoms with E-state index in [1.54, 1.807) is 12.1 Å². The maximum absolute atomic E-state index is 11.4. The highest BCUT2D eigenvalue weighted by Gasteiger charge is 2.08. The summed E-state index contributed by atoms with van der Waals surface area (Å²) in [6.07, 6.45) is 0. The van der Waals surface area contributed by atoms with Crippen molar-refractivity contribution in [3.05, 3.63) is 21.3 Å². The second kappa shape index (κ2) is 4.03. The van der Waals surface area contributed by atoms with Crippen LogP contribution in [0, 0.1) is 0 Å². The third-order valence-electron chi connectivity index (χ3n) is 1.31. The minimum Gasteiger partial charge on any atom is -0.302 e. The number of rotatable bonds is 3. The predicted octanol–water partition coefficient (Wildman–Crippen LogP) is 2.15. The molecule has 0 saturated carbocycles. The number of hydrogen-bond acceptors (Lipinski definition) is 3. The fourth-order valence-corrected chi connectivity index (χ4v) is 1.80. The number of hydrogen-bond donors (Lipinski definition) is 0. The van der Waals surface area contributed by atoms with E-state index in [4.69, 9.17) is 11.6 Å². The van der Waals surface area contributed by atoms with Crippen LogP contribution >= 0.6 is 22.9 Å². The Labute approximate surface area is 80.8 Å². The van der Waals surface area contributed by atoms with Gasteiger partial charge in [-0.2, -0.15) is 0 Å². The Morgan fingerprint density at radius 2 is 2.25 bits per heavy atom. The van der Waals surface area contributed by atoms with E-state index in [-0.39, 0.29) is 5.78 Å². The highest BCUT2D eigenvalue weighted by Crippen LogP contribution is 2.21. The molecule has 1 heterocycles. The fraction of sp³-hybridized carbons (Fsp3) is 0.375. The summed E-state index contributed by atoms with van der Waals surface area (Å²) in [7, 11) is 3.74. The van der Waals surface area contributed by atoms with Gasteiger partial charge in [-0.15, -0.1) is 11.3 Å². The van der Waals surface area contributed by atoms with Gasteiger partial charge in [0.2, 0.25) is 0 Å². The number of carbonyl (C=O) groups excluding carboxylic acids is 1. The molecular formula is C8H10ClNOS. The van der Waals surface area contributed by atoms with Gasteiger partial charge in [-0.25, -0.2) is 0 Å². The van der Waals surface area contributed by atoms with Gasteiger partial charge < -0.3 is 4.90 Å². The SMILES string of the molecule is CN(C)CC(=O)c1ccc(Cl)s1. The minimum atomic E-state index is 0.122. The summed E-state index contributed by atoms with van der Waals surface area (Å²) in [5, 5.41) is 0. The third-order valence-corrected chi connectivity index (χ3v) is 2.58. The molecule has 4 heteroatoms. The Morgan fingerprint density at radius 1 is 1.58 bits per heavy atom. The van der Waals surface area contributed by atoms with Gasteiger partial charge in [0.1, 0.15) is 0 Å². The van der Waals surface area contributed by atoms with Crippen LogP contribution in [0.2, 0.25) is 4.34 Å². The lowest BCUT2D eigenvalue weighted by Gasteiger charge is -2.05. The fourth-order valence-electron chi connectivity index (χ4n) is 0.829. The van der Waals surface area contributed by atoms with E-state index < -0.39 is 0 Å². The van der Waals surface area contributed by atoms with Gasteiger partial charge in [-0.3, -0.25) is 4.79 Å². The second-order valence-corrected chi connectivity index (χ2v) is 4.48. The molecule has 0 aromatic carbocycles. The smallest absolute Gasteiger partial charge is 0.186 e. The standard InChI is InChI=1S/C8H10ClNOS/c1-10(2)5-6(11)7-3-4-8(9)12-7/h3-4H,5H2,1-2H3. The van der Waals surface area contributed by atoms with Crippen LogP contribution in [-0.2, 0) is 0 Å². The molecule has 1 rings (SSSR count). The topological polar surface area (TPSA) is 20.3 Å². The second-order valence-electron chi connectivity index (χ2n) is 2.76. The van der Waals surface area contributed by atoms with Crippen LogP contribution in [0.25, 0.3) is 0 Å². The van der Waals surface area contributed by atoms with Crippen LogP contribution in [0.3, 0.4) is 0 Å². The summed E-state index contributed by atoms with van der Waals surface area (Å²) in [6.45, 7) is 0.441. The molecule has 0 aliphatic heterocycles. The van der Waals surface area contributed by atoms with Crippen molar-refractivity contribution in [2.45, 2.75) is 0 Å². The molecule has 0 aliphatic carbocycles. The van der Waals surface area contributed by atoms with Gasteiger partial charge in [-0.1, -0.05) is 11.6 Å². The number of ketones is 1. The first-order valence-electron chi connectivity index (χ1n) is 3.53. The van der Waals surface area contributed by atoms with Crippen LogP contribution in [-0.4, -0.2) is 31.3 Å². The number of nitrogens with zero attached hydrogens (tertiary/aromatic N) is 1. The van der Waals surface area contributed by atoms with Crippen LogP contribution in [0.5, 0.6) is 0 Å². The Morgan fingerprint density at radius 3 is 2.67 bits per heavy atom. The Kier molecular flexibility index (Phi) is 3.26. The molecule has 1 aromatic heterocycles. The highest BCUT2D eigenvalue weighted by molar-refractivity contribution is 7.18. The zero-order chi connectivity index (χ0) is 9.14. The van der Waals surface area contributed by atoms with Crippen molar-refractivity contribution in [2.24, 2.45) is 0 Å². The Bertz CT molecular complexity index is 282. The first-order valence-corrected chi connectivity index (χ1v) is 4.72. The average Bonchev–Trinajstić information content (AvgIpc) is 2.34. The summed E-state index contributed by atoms with van der Waals surface area (Å²) >= 11 is 7.02.